The minimum Gasteiger partial charge on any atom is -0.456 e. The van der Waals surface area contributed by atoms with Crippen molar-refractivity contribution in [3.05, 3.63) is 230 Å². The number of benzene rings is 10. The second-order valence-corrected chi connectivity index (χ2v) is 17.7. The van der Waals surface area contributed by atoms with E-state index >= 15 is 0 Å². The zero-order chi connectivity index (χ0) is 42.5. The van der Waals surface area contributed by atoms with Crippen molar-refractivity contribution in [3.63, 3.8) is 0 Å². The van der Waals surface area contributed by atoms with Gasteiger partial charge in [0.25, 0.3) is 0 Å². The average molecular weight is 819 g/mol. The largest absolute Gasteiger partial charge is 0.456 e. The molecule has 0 N–H and O–H groups in total. The maximum absolute atomic E-state index is 6.79. The van der Waals surface area contributed by atoms with Crippen molar-refractivity contribution in [2.45, 2.75) is 19.3 Å². The van der Waals surface area contributed by atoms with Crippen molar-refractivity contribution < 1.29 is 4.42 Å². The third-order valence-corrected chi connectivity index (χ3v) is 13.8. The van der Waals surface area contributed by atoms with E-state index in [4.69, 9.17) is 4.42 Å². The van der Waals surface area contributed by atoms with Gasteiger partial charge in [0.05, 0.1) is 11.0 Å². The lowest BCUT2D eigenvalue weighted by atomic mass is 9.81. The van der Waals surface area contributed by atoms with E-state index in [9.17, 15) is 0 Å². The molecule has 0 saturated carbocycles. The Morgan fingerprint density at radius 1 is 0.406 bits per heavy atom. The van der Waals surface area contributed by atoms with Crippen LogP contribution in [0.5, 0.6) is 0 Å². The lowest BCUT2D eigenvalue weighted by Crippen LogP contribution is -2.14. The van der Waals surface area contributed by atoms with Crippen LogP contribution >= 0.6 is 0 Å². The van der Waals surface area contributed by atoms with E-state index in [1.54, 1.807) is 0 Å². The molecule has 0 atom stereocenters. The molecule has 1 aliphatic carbocycles. The Morgan fingerprint density at radius 2 is 1.03 bits per heavy atom. The first kappa shape index (κ1) is 36.5. The van der Waals surface area contributed by atoms with Gasteiger partial charge in [-0.15, -0.1) is 0 Å². The second-order valence-electron chi connectivity index (χ2n) is 17.7. The van der Waals surface area contributed by atoms with Crippen LogP contribution in [0.3, 0.4) is 0 Å². The minimum atomic E-state index is -0.131. The van der Waals surface area contributed by atoms with Gasteiger partial charge >= 0.3 is 0 Å². The van der Waals surface area contributed by atoms with Crippen LogP contribution in [0.15, 0.2) is 223 Å². The molecular formula is C61H42N2O. The first-order valence-corrected chi connectivity index (χ1v) is 22.2. The number of hydrogen-bond acceptors (Lipinski definition) is 2. The lowest BCUT2D eigenvalue weighted by Gasteiger charge is -2.26. The molecule has 3 heteroatoms. The number of para-hydroxylation sites is 2. The van der Waals surface area contributed by atoms with Gasteiger partial charge in [-0.1, -0.05) is 159 Å². The van der Waals surface area contributed by atoms with Crippen LogP contribution in [-0.2, 0) is 5.41 Å². The van der Waals surface area contributed by atoms with E-state index < -0.39 is 0 Å². The van der Waals surface area contributed by atoms with Crippen LogP contribution in [0, 0.1) is 0 Å². The highest BCUT2D eigenvalue weighted by molar-refractivity contribution is 6.27. The van der Waals surface area contributed by atoms with Gasteiger partial charge < -0.3 is 13.9 Å². The van der Waals surface area contributed by atoms with Gasteiger partial charge in [-0.25, -0.2) is 0 Å². The van der Waals surface area contributed by atoms with Crippen molar-refractivity contribution >= 4 is 71.6 Å². The first-order valence-electron chi connectivity index (χ1n) is 22.2. The highest BCUT2D eigenvalue weighted by Gasteiger charge is 2.36. The van der Waals surface area contributed by atoms with Crippen molar-refractivity contribution in [3.8, 4) is 39.1 Å². The van der Waals surface area contributed by atoms with Gasteiger partial charge in [-0.3, -0.25) is 0 Å². The highest BCUT2D eigenvalue weighted by atomic mass is 16.3. The van der Waals surface area contributed by atoms with Gasteiger partial charge in [0.1, 0.15) is 11.2 Å². The van der Waals surface area contributed by atoms with Gasteiger partial charge in [-0.2, -0.15) is 0 Å². The number of fused-ring (bicyclic) bond motifs is 10. The van der Waals surface area contributed by atoms with E-state index in [1.807, 2.05) is 0 Å². The summed E-state index contributed by atoms with van der Waals surface area (Å²) in [7, 11) is 0. The standard InChI is InChI=1S/C61H42N2O/c1-61(2)52-21-11-8-18-48(52)49-35-27-43(37-53(49)61)58-59-50-19-9-12-22-54(50)63(55(59)38-57-60(58)51-20-10-13-23-56(51)64-57)46-33-31-45(32-34-46)62(47-30-26-40-16-6-7-17-42(40)36-47)44-28-24-41(25-29-44)39-14-4-3-5-15-39/h3-38H,1-2H3. The van der Waals surface area contributed by atoms with E-state index in [-0.39, 0.29) is 5.41 Å². The predicted molar refractivity (Wildman–Crippen MR) is 269 cm³/mol. The summed E-state index contributed by atoms with van der Waals surface area (Å²) in [5.74, 6) is 0. The molecule has 2 heterocycles. The van der Waals surface area contributed by atoms with Crippen LogP contribution in [0.25, 0.3) is 93.6 Å². The molecular weight excluding hydrogens is 777 g/mol. The Labute approximate surface area is 371 Å². The Morgan fingerprint density at radius 3 is 1.86 bits per heavy atom. The van der Waals surface area contributed by atoms with Gasteiger partial charge in [0, 0.05) is 61.3 Å². The Kier molecular flexibility index (Phi) is 7.95. The number of furan rings is 1. The molecule has 0 fully saturated rings. The summed E-state index contributed by atoms with van der Waals surface area (Å²) in [5.41, 5.74) is 18.5. The normalized spacial score (nSPS) is 13.0. The van der Waals surface area contributed by atoms with Gasteiger partial charge in [0.15, 0.2) is 0 Å². The van der Waals surface area contributed by atoms with E-state index in [0.29, 0.717) is 0 Å². The molecule has 3 nitrogen and oxygen atoms in total. The number of nitrogens with zero attached hydrogens (tertiary/aromatic N) is 2. The summed E-state index contributed by atoms with van der Waals surface area (Å²) >= 11 is 0. The van der Waals surface area contributed by atoms with Crippen LogP contribution < -0.4 is 4.90 Å². The fraction of sp³-hybridized carbons (Fsp3) is 0.0492. The number of hydrogen-bond donors (Lipinski definition) is 0. The molecule has 0 spiro atoms. The average Bonchev–Trinajstić information content (AvgIpc) is 3.96. The Balaban J connectivity index is 1.01. The summed E-state index contributed by atoms with van der Waals surface area (Å²) < 4.78 is 9.21. The third kappa shape index (κ3) is 5.47. The molecule has 0 aliphatic heterocycles. The van der Waals surface area contributed by atoms with Crippen LogP contribution in [0.1, 0.15) is 25.0 Å². The lowest BCUT2D eigenvalue weighted by molar-refractivity contribution is 0.660. The van der Waals surface area contributed by atoms with Crippen molar-refractivity contribution in [2.75, 3.05) is 4.90 Å². The zero-order valence-electron chi connectivity index (χ0n) is 35.6. The second kappa shape index (κ2) is 13.9. The summed E-state index contributed by atoms with van der Waals surface area (Å²) in [6, 6.07) is 79.5. The van der Waals surface area contributed by atoms with Crippen LogP contribution in [0.2, 0.25) is 0 Å². The third-order valence-electron chi connectivity index (χ3n) is 13.8. The molecule has 0 saturated heterocycles. The molecule has 0 amide bonds. The molecule has 0 radical (unpaired) electrons. The Bertz CT molecular complexity index is 3800. The molecule has 302 valence electrons. The number of aromatic nitrogens is 1. The van der Waals surface area contributed by atoms with E-state index in [0.717, 1.165) is 55.7 Å². The van der Waals surface area contributed by atoms with E-state index in [1.165, 1.54) is 66.1 Å². The van der Waals surface area contributed by atoms with Crippen molar-refractivity contribution in [1.82, 2.24) is 4.57 Å². The van der Waals surface area contributed by atoms with Crippen LogP contribution in [0.4, 0.5) is 17.1 Å². The van der Waals surface area contributed by atoms with Crippen LogP contribution in [-0.4, -0.2) is 4.57 Å². The van der Waals surface area contributed by atoms with Crippen molar-refractivity contribution in [2.24, 2.45) is 0 Å². The summed E-state index contributed by atoms with van der Waals surface area (Å²) in [4.78, 5) is 2.36. The molecule has 64 heavy (non-hydrogen) atoms. The zero-order valence-corrected chi connectivity index (χ0v) is 35.6. The van der Waals surface area contributed by atoms with Gasteiger partial charge in [-0.05, 0) is 116 Å². The summed E-state index contributed by atoms with van der Waals surface area (Å²) in [6.45, 7) is 4.72. The molecule has 12 aromatic rings. The molecule has 1 aliphatic rings. The maximum atomic E-state index is 6.79. The predicted octanol–water partition coefficient (Wildman–Crippen LogP) is 16.9. The fourth-order valence-corrected chi connectivity index (χ4v) is 10.7. The quantitative estimate of drug-likeness (QED) is 0.167. The molecule has 0 unspecified atom stereocenters. The smallest absolute Gasteiger partial charge is 0.138 e. The SMILES string of the molecule is CC1(C)c2ccccc2-c2ccc(-c3c4c(cc5c3c3ccccc3n5-c3ccc(N(c5ccc(-c6ccccc6)cc5)c5ccc6ccccc6c5)cc3)oc3ccccc34)cc21. The molecule has 10 aromatic carbocycles. The van der Waals surface area contributed by atoms with Crippen molar-refractivity contribution in [1.29, 1.82) is 0 Å². The molecule has 2 aromatic heterocycles. The number of rotatable bonds is 6. The topological polar surface area (TPSA) is 21.3 Å². The Hall–Kier alpha value is -8.14. The highest BCUT2D eigenvalue weighted by Crippen LogP contribution is 2.52. The summed E-state index contributed by atoms with van der Waals surface area (Å²) in [6.07, 6.45) is 0. The first-order chi connectivity index (χ1) is 31.5. The minimum absolute atomic E-state index is 0.131. The van der Waals surface area contributed by atoms with Gasteiger partial charge in [0.2, 0.25) is 0 Å². The maximum Gasteiger partial charge on any atom is 0.138 e. The molecule has 13 rings (SSSR count). The number of anilines is 3. The molecule has 0 bridgehead atoms. The monoisotopic (exact) mass is 818 g/mol. The summed E-state index contributed by atoms with van der Waals surface area (Å²) in [5, 5.41) is 7.14. The fourth-order valence-electron chi connectivity index (χ4n) is 10.7. The van der Waals surface area contributed by atoms with E-state index in [2.05, 4.69) is 242 Å².